The van der Waals surface area contributed by atoms with E-state index in [0.717, 1.165) is 29.1 Å². The van der Waals surface area contributed by atoms with Crippen molar-refractivity contribution in [1.29, 1.82) is 0 Å². The van der Waals surface area contributed by atoms with Gasteiger partial charge < -0.3 is 10.1 Å². The lowest BCUT2D eigenvalue weighted by Gasteiger charge is -2.25. The van der Waals surface area contributed by atoms with E-state index >= 15 is 0 Å². The Kier molecular flexibility index (Phi) is 2.67. The monoisotopic (exact) mass is 243 g/mol. The second kappa shape index (κ2) is 4.33. The van der Waals surface area contributed by atoms with Gasteiger partial charge in [0, 0.05) is 0 Å². The first-order chi connectivity index (χ1) is 8.72. The molecule has 3 heteroatoms. The van der Waals surface area contributed by atoms with Crippen molar-refractivity contribution in [2.75, 3.05) is 11.9 Å². The third-order valence-electron chi connectivity index (χ3n) is 3.07. The number of anilines is 1. The summed E-state index contributed by atoms with van der Waals surface area (Å²) in [5.41, 5.74) is 3.05. The van der Waals surface area contributed by atoms with Gasteiger partial charge in [0.2, 0.25) is 0 Å². The fraction of sp³-hybridized carbons (Fsp3) is 0.200. The highest BCUT2D eigenvalue weighted by Crippen LogP contribution is 2.33. The van der Waals surface area contributed by atoms with E-state index in [1.54, 1.807) is 12.1 Å². The molecule has 1 heterocycles. The molecule has 2 aromatic carbocycles. The lowest BCUT2D eigenvalue weighted by molar-refractivity contribution is 0.226. The van der Waals surface area contributed by atoms with Crippen molar-refractivity contribution in [3.05, 3.63) is 48.3 Å². The Morgan fingerprint density at radius 1 is 1.11 bits per heavy atom. The van der Waals surface area contributed by atoms with Gasteiger partial charge >= 0.3 is 0 Å². The number of nitrogens with one attached hydrogen (secondary N) is 1. The van der Waals surface area contributed by atoms with Crippen LogP contribution >= 0.6 is 0 Å². The maximum atomic E-state index is 12.9. The van der Waals surface area contributed by atoms with Crippen LogP contribution in [0.3, 0.4) is 0 Å². The highest BCUT2D eigenvalue weighted by molar-refractivity contribution is 5.72. The quantitative estimate of drug-likeness (QED) is 0.824. The molecule has 0 bridgehead atoms. The number of ether oxygens (including phenoxy) is 1. The zero-order chi connectivity index (χ0) is 12.5. The zero-order valence-corrected chi connectivity index (χ0v) is 10.1. The van der Waals surface area contributed by atoms with Gasteiger partial charge in [-0.2, -0.15) is 0 Å². The van der Waals surface area contributed by atoms with Gasteiger partial charge in [0.1, 0.15) is 17.7 Å². The molecule has 3 rings (SSSR count). The van der Waals surface area contributed by atoms with Crippen molar-refractivity contribution in [3.63, 3.8) is 0 Å². The minimum atomic E-state index is -0.216. The van der Waals surface area contributed by atoms with Crippen LogP contribution in [-0.2, 0) is 0 Å². The van der Waals surface area contributed by atoms with E-state index < -0.39 is 0 Å². The van der Waals surface area contributed by atoms with Crippen LogP contribution in [0.1, 0.15) is 6.92 Å². The van der Waals surface area contributed by atoms with Crippen molar-refractivity contribution in [2.45, 2.75) is 13.0 Å². The van der Waals surface area contributed by atoms with Crippen molar-refractivity contribution in [1.82, 2.24) is 0 Å². The van der Waals surface area contributed by atoms with Crippen molar-refractivity contribution in [3.8, 4) is 16.9 Å². The standard InChI is InChI=1S/C15H14FNO/c1-10-9-17-14-8-12(4-7-15(14)18-10)11-2-5-13(16)6-3-11/h2-8,10,17H,9H2,1H3. The summed E-state index contributed by atoms with van der Waals surface area (Å²) in [4.78, 5) is 0. The Hall–Kier alpha value is -2.03. The Morgan fingerprint density at radius 3 is 2.61 bits per heavy atom. The number of hydrogen-bond donors (Lipinski definition) is 1. The first kappa shape index (κ1) is 11.1. The molecule has 0 saturated carbocycles. The Balaban J connectivity index is 1.97. The second-order valence-corrected chi connectivity index (χ2v) is 4.53. The molecule has 0 spiro atoms. The largest absolute Gasteiger partial charge is 0.487 e. The summed E-state index contributed by atoms with van der Waals surface area (Å²) in [6.45, 7) is 2.84. The molecule has 1 N–H and O–H groups in total. The Morgan fingerprint density at radius 2 is 1.83 bits per heavy atom. The molecule has 1 unspecified atom stereocenters. The number of hydrogen-bond acceptors (Lipinski definition) is 2. The Labute approximate surface area is 105 Å². The number of benzene rings is 2. The maximum absolute atomic E-state index is 12.9. The molecule has 1 atom stereocenters. The second-order valence-electron chi connectivity index (χ2n) is 4.53. The molecule has 0 aliphatic carbocycles. The van der Waals surface area contributed by atoms with E-state index in [4.69, 9.17) is 4.74 Å². The van der Waals surface area contributed by atoms with Crippen LogP contribution in [0.4, 0.5) is 10.1 Å². The average molecular weight is 243 g/mol. The molecule has 0 saturated heterocycles. The molecule has 0 fully saturated rings. The SMILES string of the molecule is CC1CNc2cc(-c3ccc(F)cc3)ccc2O1. The lowest BCUT2D eigenvalue weighted by Crippen LogP contribution is -2.27. The third kappa shape index (κ3) is 2.04. The molecule has 0 radical (unpaired) electrons. The number of fused-ring (bicyclic) bond motifs is 1. The van der Waals surface area contributed by atoms with Crippen LogP contribution in [0.15, 0.2) is 42.5 Å². The van der Waals surface area contributed by atoms with E-state index in [1.165, 1.54) is 12.1 Å². The fourth-order valence-corrected chi connectivity index (χ4v) is 2.10. The molecule has 1 aliphatic rings. The smallest absolute Gasteiger partial charge is 0.142 e. The van der Waals surface area contributed by atoms with Crippen LogP contribution in [0.5, 0.6) is 5.75 Å². The van der Waals surface area contributed by atoms with E-state index in [2.05, 4.69) is 5.32 Å². The highest BCUT2D eigenvalue weighted by Gasteiger charge is 2.15. The molecule has 0 amide bonds. The van der Waals surface area contributed by atoms with Crippen LogP contribution in [0, 0.1) is 5.82 Å². The summed E-state index contributed by atoms with van der Waals surface area (Å²) in [7, 11) is 0. The zero-order valence-electron chi connectivity index (χ0n) is 10.1. The van der Waals surface area contributed by atoms with E-state index in [0.29, 0.717) is 0 Å². The van der Waals surface area contributed by atoms with Gasteiger partial charge in [0.05, 0.1) is 12.2 Å². The molecule has 0 aromatic heterocycles. The first-order valence-corrected chi connectivity index (χ1v) is 6.03. The summed E-state index contributed by atoms with van der Waals surface area (Å²) in [6, 6.07) is 12.5. The molecule has 2 nitrogen and oxygen atoms in total. The highest BCUT2D eigenvalue weighted by atomic mass is 19.1. The summed E-state index contributed by atoms with van der Waals surface area (Å²) < 4.78 is 18.6. The van der Waals surface area contributed by atoms with Gasteiger partial charge in [0.25, 0.3) is 0 Å². The summed E-state index contributed by atoms with van der Waals surface area (Å²) in [5.74, 6) is 0.659. The van der Waals surface area contributed by atoms with E-state index in [-0.39, 0.29) is 11.9 Å². The fourth-order valence-electron chi connectivity index (χ4n) is 2.10. The summed E-state index contributed by atoms with van der Waals surface area (Å²) in [5, 5.41) is 3.33. The normalized spacial score (nSPS) is 17.6. The average Bonchev–Trinajstić information content (AvgIpc) is 2.39. The topological polar surface area (TPSA) is 21.3 Å². The Bertz CT molecular complexity index is 565. The molecule has 92 valence electrons. The third-order valence-corrected chi connectivity index (χ3v) is 3.07. The van der Waals surface area contributed by atoms with Crippen LogP contribution < -0.4 is 10.1 Å². The van der Waals surface area contributed by atoms with Crippen LogP contribution in [0.2, 0.25) is 0 Å². The minimum Gasteiger partial charge on any atom is -0.487 e. The van der Waals surface area contributed by atoms with Crippen molar-refractivity contribution < 1.29 is 9.13 Å². The predicted molar refractivity (Wildman–Crippen MR) is 70.4 cm³/mol. The van der Waals surface area contributed by atoms with Gasteiger partial charge in [-0.25, -0.2) is 4.39 Å². The van der Waals surface area contributed by atoms with Crippen molar-refractivity contribution >= 4 is 5.69 Å². The van der Waals surface area contributed by atoms with Gasteiger partial charge in [-0.05, 0) is 42.3 Å². The van der Waals surface area contributed by atoms with Gasteiger partial charge in [0.15, 0.2) is 0 Å². The first-order valence-electron chi connectivity index (χ1n) is 6.03. The molecule has 1 aliphatic heterocycles. The van der Waals surface area contributed by atoms with Crippen LogP contribution in [-0.4, -0.2) is 12.6 Å². The molecule has 18 heavy (non-hydrogen) atoms. The summed E-state index contributed by atoms with van der Waals surface area (Å²) >= 11 is 0. The van der Waals surface area contributed by atoms with Crippen LogP contribution in [0.25, 0.3) is 11.1 Å². The minimum absolute atomic E-state index is 0.189. The number of halogens is 1. The van der Waals surface area contributed by atoms with E-state index in [1.807, 2.05) is 25.1 Å². The number of rotatable bonds is 1. The predicted octanol–water partition coefficient (Wildman–Crippen LogP) is 3.69. The summed E-state index contributed by atoms with van der Waals surface area (Å²) in [6.07, 6.45) is 0.189. The van der Waals surface area contributed by atoms with Gasteiger partial charge in [-0.3, -0.25) is 0 Å². The van der Waals surface area contributed by atoms with Gasteiger partial charge in [-0.15, -0.1) is 0 Å². The maximum Gasteiger partial charge on any atom is 0.142 e. The molecular weight excluding hydrogens is 229 g/mol. The van der Waals surface area contributed by atoms with E-state index in [9.17, 15) is 4.39 Å². The molecule has 2 aromatic rings. The lowest BCUT2D eigenvalue weighted by atomic mass is 10.0. The van der Waals surface area contributed by atoms with Gasteiger partial charge in [-0.1, -0.05) is 18.2 Å². The molecular formula is C15H14FNO. The van der Waals surface area contributed by atoms with Crippen molar-refractivity contribution in [2.24, 2.45) is 0 Å².